The summed E-state index contributed by atoms with van der Waals surface area (Å²) in [5.74, 6) is 0.627. The number of nitrogens with zero attached hydrogens (tertiary/aromatic N) is 2. The van der Waals surface area contributed by atoms with Crippen LogP contribution in [0, 0.1) is 10.1 Å². The number of rotatable bonds is 7. The number of nitro groups is 1. The molecule has 0 aliphatic heterocycles. The lowest BCUT2D eigenvalue weighted by Crippen LogP contribution is -2.24. The van der Waals surface area contributed by atoms with Crippen molar-refractivity contribution in [3.8, 4) is 5.75 Å². The van der Waals surface area contributed by atoms with Gasteiger partial charge in [-0.15, -0.1) is 0 Å². The van der Waals surface area contributed by atoms with Gasteiger partial charge in [-0.3, -0.25) is 14.9 Å². The van der Waals surface area contributed by atoms with Crippen molar-refractivity contribution in [3.05, 3.63) is 57.0 Å². The smallest absolute Gasteiger partial charge is 0.324 e. The highest BCUT2D eigenvalue weighted by Gasteiger charge is 2.08. The number of benzene rings is 1. The highest BCUT2D eigenvalue weighted by atomic mass is 32.1. The quantitative estimate of drug-likeness (QED) is 0.472. The van der Waals surface area contributed by atoms with E-state index >= 15 is 0 Å². The molecule has 2 aromatic rings. The van der Waals surface area contributed by atoms with E-state index < -0.39 is 10.8 Å². The van der Waals surface area contributed by atoms with Crippen LogP contribution in [0.25, 0.3) is 0 Å². The maximum Gasteiger partial charge on any atom is 0.324 e. The second-order valence-electron chi connectivity index (χ2n) is 5.24. The summed E-state index contributed by atoms with van der Waals surface area (Å²) in [6, 6.07) is 10.5. The van der Waals surface area contributed by atoms with Gasteiger partial charge in [-0.25, -0.2) is 5.43 Å². The summed E-state index contributed by atoms with van der Waals surface area (Å²) < 4.78 is 5.37. The molecule has 1 amide bonds. The molecule has 1 aromatic heterocycles. The Labute approximate surface area is 143 Å². The summed E-state index contributed by atoms with van der Waals surface area (Å²) in [7, 11) is 0. The zero-order valence-electron chi connectivity index (χ0n) is 13.3. The number of carbonyl (C=O) groups is 1. The predicted molar refractivity (Wildman–Crippen MR) is 92.7 cm³/mol. The molecule has 0 atom stereocenters. The van der Waals surface area contributed by atoms with Crippen LogP contribution in [0.4, 0.5) is 5.00 Å². The number of ether oxygens (including phenoxy) is 1. The highest BCUT2D eigenvalue weighted by Crippen LogP contribution is 2.22. The van der Waals surface area contributed by atoms with Gasteiger partial charge >= 0.3 is 5.00 Å². The van der Waals surface area contributed by atoms with Gasteiger partial charge in [-0.2, -0.15) is 5.10 Å². The first-order chi connectivity index (χ1) is 11.5. The van der Waals surface area contributed by atoms with E-state index in [2.05, 4.69) is 24.4 Å². The number of nitrogens with one attached hydrogen (secondary N) is 1. The third kappa shape index (κ3) is 5.17. The Morgan fingerprint density at radius 2 is 2.04 bits per heavy atom. The first-order valence-corrected chi connectivity index (χ1v) is 8.06. The fraction of sp³-hybridized carbons (Fsp3) is 0.250. The van der Waals surface area contributed by atoms with E-state index in [9.17, 15) is 14.9 Å². The second kappa shape index (κ2) is 8.21. The third-order valence-corrected chi connectivity index (χ3v) is 4.06. The van der Waals surface area contributed by atoms with Crippen molar-refractivity contribution in [3.63, 3.8) is 0 Å². The van der Waals surface area contributed by atoms with E-state index in [-0.39, 0.29) is 11.6 Å². The van der Waals surface area contributed by atoms with Crippen LogP contribution in [0.1, 0.15) is 30.2 Å². The Hall–Kier alpha value is -2.74. The van der Waals surface area contributed by atoms with E-state index in [4.69, 9.17) is 4.74 Å². The normalized spacial score (nSPS) is 11.0. The Morgan fingerprint density at radius 3 is 2.62 bits per heavy atom. The van der Waals surface area contributed by atoms with Crippen LogP contribution in [0.5, 0.6) is 5.75 Å². The van der Waals surface area contributed by atoms with Crippen LogP contribution in [0.2, 0.25) is 0 Å². The average Bonchev–Trinajstić information content (AvgIpc) is 3.02. The maximum atomic E-state index is 11.6. The standard InChI is InChI=1S/C16H17N3O4S/c1-11(2)12-3-5-13(6-4-12)23-10-15(20)18-17-9-14-7-8-16(24-14)19(21)22/h3-9,11H,10H2,1-2H3,(H,18,20)/b17-9+. The molecule has 1 aromatic carbocycles. The zero-order valence-corrected chi connectivity index (χ0v) is 14.1. The molecule has 0 radical (unpaired) electrons. The summed E-state index contributed by atoms with van der Waals surface area (Å²) in [5, 5.41) is 14.3. The summed E-state index contributed by atoms with van der Waals surface area (Å²) in [6.45, 7) is 4.04. The van der Waals surface area contributed by atoms with Crippen molar-refractivity contribution in [1.82, 2.24) is 5.43 Å². The molecule has 1 heterocycles. The van der Waals surface area contributed by atoms with Gasteiger partial charge in [0.1, 0.15) is 5.75 Å². The van der Waals surface area contributed by atoms with Crippen molar-refractivity contribution in [1.29, 1.82) is 0 Å². The number of hydrogen-bond donors (Lipinski definition) is 1. The van der Waals surface area contributed by atoms with Gasteiger partial charge in [0.2, 0.25) is 0 Å². The monoisotopic (exact) mass is 347 g/mol. The second-order valence-corrected chi connectivity index (χ2v) is 6.33. The van der Waals surface area contributed by atoms with Crippen molar-refractivity contribution in [2.24, 2.45) is 5.10 Å². The molecule has 7 nitrogen and oxygen atoms in total. The summed E-state index contributed by atoms with van der Waals surface area (Å²) in [4.78, 5) is 22.3. The minimum Gasteiger partial charge on any atom is -0.484 e. The van der Waals surface area contributed by atoms with Crippen molar-refractivity contribution in [2.75, 3.05) is 6.61 Å². The van der Waals surface area contributed by atoms with Crippen LogP contribution in [-0.2, 0) is 4.79 Å². The fourth-order valence-corrected chi connectivity index (χ4v) is 2.50. The lowest BCUT2D eigenvalue weighted by atomic mass is 10.0. The van der Waals surface area contributed by atoms with Gasteiger partial charge in [0.05, 0.1) is 16.0 Å². The number of hydrazone groups is 1. The van der Waals surface area contributed by atoms with Crippen LogP contribution in [0.15, 0.2) is 41.5 Å². The highest BCUT2D eigenvalue weighted by molar-refractivity contribution is 7.16. The minimum atomic E-state index is -0.473. The summed E-state index contributed by atoms with van der Waals surface area (Å²) in [6.07, 6.45) is 1.35. The molecule has 0 saturated heterocycles. The predicted octanol–water partition coefficient (Wildman–Crippen LogP) is 3.31. The van der Waals surface area contributed by atoms with Crippen LogP contribution in [0.3, 0.4) is 0 Å². The van der Waals surface area contributed by atoms with E-state index in [1.807, 2.05) is 24.3 Å². The van der Waals surface area contributed by atoms with Crippen LogP contribution >= 0.6 is 11.3 Å². The molecular formula is C16H17N3O4S. The van der Waals surface area contributed by atoms with Gasteiger partial charge in [0, 0.05) is 6.07 Å². The molecular weight excluding hydrogens is 330 g/mol. The van der Waals surface area contributed by atoms with Crippen molar-refractivity contribution < 1.29 is 14.5 Å². The van der Waals surface area contributed by atoms with Crippen molar-refractivity contribution in [2.45, 2.75) is 19.8 Å². The Kier molecular flexibility index (Phi) is 6.02. The van der Waals surface area contributed by atoms with E-state index in [1.54, 1.807) is 6.07 Å². The fourth-order valence-electron chi connectivity index (χ4n) is 1.81. The van der Waals surface area contributed by atoms with Crippen LogP contribution in [-0.4, -0.2) is 23.7 Å². The lowest BCUT2D eigenvalue weighted by molar-refractivity contribution is -0.380. The molecule has 0 saturated carbocycles. The summed E-state index contributed by atoms with van der Waals surface area (Å²) >= 11 is 0.976. The van der Waals surface area contributed by atoms with Crippen molar-refractivity contribution >= 4 is 28.5 Å². The molecule has 2 rings (SSSR count). The average molecular weight is 347 g/mol. The molecule has 0 bridgehead atoms. The van der Waals surface area contributed by atoms with E-state index in [1.165, 1.54) is 17.8 Å². The molecule has 0 fully saturated rings. The SMILES string of the molecule is CC(C)c1ccc(OCC(=O)N/N=C/c2ccc([N+](=O)[O-])s2)cc1. The van der Waals surface area contributed by atoms with Crippen LogP contribution < -0.4 is 10.2 Å². The first kappa shape index (κ1) is 17.6. The van der Waals surface area contributed by atoms with Gasteiger partial charge in [-0.1, -0.05) is 37.3 Å². The first-order valence-electron chi connectivity index (χ1n) is 7.24. The maximum absolute atomic E-state index is 11.6. The van der Waals surface area contributed by atoms with E-state index in [0.29, 0.717) is 16.5 Å². The summed E-state index contributed by atoms with van der Waals surface area (Å²) in [5.41, 5.74) is 3.51. The van der Waals surface area contributed by atoms with Gasteiger partial charge < -0.3 is 4.74 Å². The molecule has 24 heavy (non-hydrogen) atoms. The Bertz CT molecular complexity index is 738. The lowest BCUT2D eigenvalue weighted by Gasteiger charge is -2.08. The molecule has 0 spiro atoms. The van der Waals surface area contributed by atoms with Gasteiger partial charge in [-0.05, 0) is 29.7 Å². The molecule has 8 heteroatoms. The number of thiophene rings is 1. The molecule has 126 valence electrons. The Morgan fingerprint density at radius 1 is 1.33 bits per heavy atom. The molecule has 0 unspecified atom stereocenters. The van der Waals surface area contributed by atoms with E-state index in [0.717, 1.165) is 11.3 Å². The molecule has 1 N–H and O–H groups in total. The molecule has 0 aliphatic carbocycles. The molecule has 0 aliphatic rings. The third-order valence-electron chi connectivity index (χ3n) is 3.09. The number of amides is 1. The topological polar surface area (TPSA) is 93.8 Å². The number of hydrogen-bond acceptors (Lipinski definition) is 6. The minimum absolute atomic E-state index is 0.0240. The van der Waals surface area contributed by atoms with Gasteiger partial charge in [0.15, 0.2) is 6.61 Å². The Balaban J connectivity index is 1.78. The number of carbonyl (C=O) groups excluding carboxylic acids is 1. The largest absolute Gasteiger partial charge is 0.484 e. The van der Waals surface area contributed by atoms with Gasteiger partial charge in [0.25, 0.3) is 5.91 Å². The zero-order chi connectivity index (χ0) is 17.5.